The highest BCUT2D eigenvalue weighted by molar-refractivity contribution is 7.71. The average Bonchev–Trinajstić information content (AvgIpc) is 2.86. The Morgan fingerprint density at radius 3 is 2.44 bits per heavy atom. The molecule has 1 aliphatic heterocycles. The van der Waals surface area contributed by atoms with Crippen LogP contribution in [0, 0.1) is 4.77 Å². The van der Waals surface area contributed by atoms with Crippen molar-refractivity contribution < 1.29 is 9.59 Å². The summed E-state index contributed by atoms with van der Waals surface area (Å²) in [6.07, 6.45) is 4.46. The highest BCUT2D eigenvalue weighted by Crippen LogP contribution is 2.14. The summed E-state index contributed by atoms with van der Waals surface area (Å²) in [7, 11) is 0. The first kappa shape index (κ1) is 23.9. The molecule has 0 spiro atoms. The lowest BCUT2D eigenvalue weighted by atomic mass is 10.0. The van der Waals surface area contributed by atoms with Crippen molar-refractivity contribution in [3.63, 3.8) is 0 Å². The Morgan fingerprint density at radius 1 is 0.971 bits per heavy atom. The van der Waals surface area contributed by atoms with E-state index in [-0.39, 0.29) is 23.4 Å². The largest absolute Gasteiger partial charge is 0.349 e. The summed E-state index contributed by atoms with van der Waals surface area (Å²) >= 11 is 5.36. The number of fused-ring (bicyclic) bond motifs is 1. The number of unbranched alkanes of at least 4 members (excludes halogenated alkanes) is 2. The molecule has 0 atom stereocenters. The fraction of sp³-hybridized carbons (Fsp3) is 0.385. The number of benzene rings is 2. The van der Waals surface area contributed by atoms with Crippen LogP contribution in [0.5, 0.6) is 0 Å². The van der Waals surface area contributed by atoms with E-state index in [2.05, 4.69) is 10.3 Å². The predicted molar refractivity (Wildman–Crippen MR) is 135 cm³/mol. The Labute approximate surface area is 203 Å². The smallest absolute Gasteiger partial charge is 0.262 e. The molecular weight excluding hydrogens is 448 g/mol. The molecule has 2 aromatic carbocycles. The second-order valence-electron chi connectivity index (χ2n) is 8.74. The zero-order chi connectivity index (χ0) is 23.9. The molecule has 1 aliphatic rings. The maximum atomic E-state index is 12.7. The highest BCUT2D eigenvalue weighted by Gasteiger charge is 2.23. The molecule has 178 valence electrons. The van der Waals surface area contributed by atoms with Crippen molar-refractivity contribution in [3.05, 3.63) is 75.3 Å². The number of carbonyl (C=O) groups excluding carboxylic acids is 2. The van der Waals surface area contributed by atoms with Crippen LogP contribution < -0.4 is 10.9 Å². The molecule has 0 radical (unpaired) electrons. The van der Waals surface area contributed by atoms with Gasteiger partial charge in [0.15, 0.2) is 4.77 Å². The molecule has 7 nitrogen and oxygen atoms in total. The lowest BCUT2D eigenvalue weighted by Crippen LogP contribution is -2.46. The van der Waals surface area contributed by atoms with E-state index in [9.17, 15) is 14.4 Å². The van der Waals surface area contributed by atoms with Gasteiger partial charge in [-0.05, 0) is 62.2 Å². The predicted octanol–water partition coefficient (Wildman–Crippen LogP) is 4.04. The number of hydrogen-bond donors (Lipinski definition) is 2. The summed E-state index contributed by atoms with van der Waals surface area (Å²) in [5.41, 5.74) is 1.34. The van der Waals surface area contributed by atoms with Crippen molar-refractivity contribution in [2.45, 2.75) is 51.1 Å². The minimum absolute atomic E-state index is 0.0595. The van der Waals surface area contributed by atoms with E-state index in [1.807, 2.05) is 41.3 Å². The topological polar surface area (TPSA) is 87.2 Å². The van der Waals surface area contributed by atoms with Gasteiger partial charge in [0, 0.05) is 37.7 Å². The first-order valence-electron chi connectivity index (χ1n) is 11.9. The van der Waals surface area contributed by atoms with Gasteiger partial charge in [0.05, 0.1) is 10.9 Å². The van der Waals surface area contributed by atoms with Crippen molar-refractivity contribution >= 4 is 34.9 Å². The second kappa shape index (κ2) is 11.2. The molecule has 34 heavy (non-hydrogen) atoms. The molecular formula is C26H30N4O3S. The van der Waals surface area contributed by atoms with Crippen LogP contribution in [-0.2, 0) is 11.3 Å². The van der Waals surface area contributed by atoms with Gasteiger partial charge in [0.2, 0.25) is 5.91 Å². The first-order chi connectivity index (χ1) is 16.5. The zero-order valence-corrected chi connectivity index (χ0v) is 20.0. The number of H-pyrrole nitrogens is 1. The van der Waals surface area contributed by atoms with Crippen LogP contribution in [0.25, 0.3) is 10.9 Å². The van der Waals surface area contributed by atoms with Gasteiger partial charge in [-0.2, -0.15) is 0 Å². The molecule has 0 aliphatic carbocycles. The third-order valence-corrected chi connectivity index (χ3v) is 6.70. The van der Waals surface area contributed by atoms with Gasteiger partial charge in [-0.1, -0.05) is 36.8 Å². The number of aromatic amines is 1. The fourth-order valence-corrected chi connectivity index (χ4v) is 4.70. The summed E-state index contributed by atoms with van der Waals surface area (Å²) in [5, 5.41) is 3.71. The number of hydrogen-bond acceptors (Lipinski definition) is 4. The van der Waals surface area contributed by atoms with Gasteiger partial charge in [-0.3, -0.25) is 19.0 Å². The van der Waals surface area contributed by atoms with E-state index < -0.39 is 0 Å². The molecule has 0 unspecified atom stereocenters. The summed E-state index contributed by atoms with van der Waals surface area (Å²) in [6.45, 7) is 1.88. The molecule has 1 saturated heterocycles. The first-order valence-corrected chi connectivity index (χ1v) is 12.3. The number of rotatable bonds is 8. The van der Waals surface area contributed by atoms with E-state index in [0.717, 1.165) is 37.6 Å². The van der Waals surface area contributed by atoms with Crippen LogP contribution in [-0.4, -0.2) is 45.4 Å². The van der Waals surface area contributed by atoms with Crippen LogP contribution in [0.1, 0.15) is 48.9 Å². The van der Waals surface area contributed by atoms with Crippen LogP contribution in [0.4, 0.5) is 0 Å². The van der Waals surface area contributed by atoms with E-state index in [1.54, 1.807) is 22.8 Å². The molecule has 1 aromatic heterocycles. The SMILES string of the molecule is O=C(NC1CCN(C(=O)CCCCCn2c(=S)[nH]c3ccccc3c2=O)CC1)c1ccccc1. The Balaban J connectivity index is 1.17. The van der Waals surface area contributed by atoms with E-state index in [4.69, 9.17) is 12.2 Å². The molecule has 2 N–H and O–H groups in total. The standard InChI is InChI=1S/C26H30N4O3S/c31-23(29-17-14-20(15-18-29)27-24(32)19-9-3-1-4-10-19)13-5-2-8-16-30-25(33)21-11-6-7-12-22(21)28-26(30)34/h1,3-4,6-7,9-12,20H,2,5,8,13-18H2,(H,27,32)(H,28,34). The van der Waals surface area contributed by atoms with E-state index in [0.29, 0.717) is 41.8 Å². The molecule has 2 heterocycles. The number of amides is 2. The van der Waals surface area contributed by atoms with Crippen molar-refractivity contribution in [2.24, 2.45) is 0 Å². The quantitative estimate of drug-likeness (QED) is 0.378. The third kappa shape index (κ3) is 5.80. The van der Waals surface area contributed by atoms with Gasteiger partial charge >= 0.3 is 0 Å². The van der Waals surface area contributed by atoms with Gasteiger partial charge in [-0.15, -0.1) is 0 Å². The Kier molecular flexibility index (Phi) is 7.90. The molecule has 8 heteroatoms. The van der Waals surface area contributed by atoms with Gasteiger partial charge in [-0.25, -0.2) is 0 Å². The van der Waals surface area contributed by atoms with Crippen LogP contribution in [0.3, 0.4) is 0 Å². The number of nitrogens with zero attached hydrogens (tertiary/aromatic N) is 2. The molecule has 3 aromatic rings. The maximum Gasteiger partial charge on any atom is 0.262 e. The summed E-state index contributed by atoms with van der Waals surface area (Å²) in [4.78, 5) is 42.6. The van der Waals surface area contributed by atoms with Crippen LogP contribution in [0.15, 0.2) is 59.4 Å². The second-order valence-corrected chi connectivity index (χ2v) is 9.12. The van der Waals surface area contributed by atoms with Crippen LogP contribution in [0.2, 0.25) is 0 Å². The fourth-order valence-electron chi connectivity index (χ4n) is 4.41. The lowest BCUT2D eigenvalue weighted by molar-refractivity contribution is -0.132. The number of aromatic nitrogens is 2. The van der Waals surface area contributed by atoms with Crippen molar-refractivity contribution in [2.75, 3.05) is 13.1 Å². The molecule has 2 amide bonds. The average molecular weight is 479 g/mol. The zero-order valence-electron chi connectivity index (χ0n) is 19.2. The Hall–Kier alpha value is -3.26. The van der Waals surface area contributed by atoms with Gasteiger partial charge in [0.1, 0.15) is 0 Å². The highest BCUT2D eigenvalue weighted by atomic mass is 32.1. The minimum Gasteiger partial charge on any atom is -0.349 e. The normalized spacial score (nSPS) is 14.3. The van der Waals surface area contributed by atoms with Gasteiger partial charge < -0.3 is 15.2 Å². The molecule has 0 bridgehead atoms. The Morgan fingerprint density at radius 2 is 1.68 bits per heavy atom. The van der Waals surface area contributed by atoms with Crippen LogP contribution >= 0.6 is 12.2 Å². The van der Waals surface area contributed by atoms with Crippen molar-refractivity contribution in [1.29, 1.82) is 0 Å². The molecule has 4 rings (SSSR count). The summed E-state index contributed by atoms with van der Waals surface area (Å²) in [6, 6.07) is 16.7. The Bertz CT molecular complexity index is 1260. The van der Waals surface area contributed by atoms with E-state index >= 15 is 0 Å². The molecule has 1 fully saturated rings. The summed E-state index contributed by atoms with van der Waals surface area (Å²) < 4.78 is 2.04. The number of para-hydroxylation sites is 1. The van der Waals surface area contributed by atoms with E-state index in [1.165, 1.54) is 0 Å². The summed E-state index contributed by atoms with van der Waals surface area (Å²) in [5.74, 6) is 0.101. The number of nitrogens with one attached hydrogen (secondary N) is 2. The molecule has 0 saturated carbocycles. The van der Waals surface area contributed by atoms with Crippen molar-refractivity contribution in [3.8, 4) is 0 Å². The van der Waals surface area contributed by atoms with Gasteiger partial charge in [0.25, 0.3) is 11.5 Å². The monoisotopic (exact) mass is 478 g/mol. The number of piperidine rings is 1. The maximum absolute atomic E-state index is 12.7. The number of likely N-dealkylation sites (tertiary alicyclic amines) is 1. The third-order valence-electron chi connectivity index (χ3n) is 6.38. The minimum atomic E-state index is -0.0716. The van der Waals surface area contributed by atoms with Crippen molar-refractivity contribution in [1.82, 2.24) is 19.8 Å². The lowest BCUT2D eigenvalue weighted by Gasteiger charge is -2.32. The number of carbonyl (C=O) groups is 2.